The number of carbonyl (C=O) groups excluding carboxylic acids is 1. The first-order valence-electron chi connectivity index (χ1n) is 14.6. The Labute approximate surface area is 215 Å². The molecule has 4 heteroatoms. The van der Waals surface area contributed by atoms with Gasteiger partial charge in [0, 0.05) is 0 Å². The molecule has 1 aromatic carbocycles. The van der Waals surface area contributed by atoms with Crippen molar-refractivity contribution in [3.63, 3.8) is 0 Å². The van der Waals surface area contributed by atoms with Gasteiger partial charge in [-0.25, -0.2) is 9.59 Å². The number of aryl methyl sites for hydroxylation is 1. The van der Waals surface area contributed by atoms with Gasteiger partial charge in [-0.15, -0.1) is 0 Å². The molecule has 1 N–H and O–H groups in total. The number of rotatable bonds is 22. The number of carboxylic acids is 1. The van der Waals surface area contributed by atoms with Crippen LogP contribution in [0.4, 0.5) is 0 Å². The van der Waals surface area contributed by atoms with Gasteiger partial charge in [0.25, 0.3) is 0 Å². The monoisotopic (exact) mass is 488 g/mol. The molecule has 0 unspecified atom stereocenters. The molecule has 0 spiro atoms. The lowest BCUT2D eigenvalue weighted by atomic mass is 9.89. The zero-order valence-electron chi connectivity index (χ0n) is 23.0. The van der Waals surface area contributed by atoms with Gasteiger partial charge in [0.05, 0.1) is 17.7 Å². The van der Waals surface area contributed by atoms with Crippen LogP contribution in [0.3, 0.4) is 0 Å². The Balaban J connectivity index is 2.96. The van der Waals surface area contributed by atoms with Crippen LogP contribution in [0.2, 0.25) is 0 Å². The van der Waals surface area contributed by atoms with E-state index >= 15 is 0 Å². The molecule has 200 valence electrons. The standard InChI is InChI=1S/C31H52O4/c1-4-7-10-13-15-18-21-26-23-24-28(30(32)33)29(27(26)22-19-16-14-11-8-5-2)31(34)35-25-20-17-12-9-6-3/h23-24H,4-22,25H2,1-3H3,(H,32,33). The summed E-state index contributed by atoms with van der Waals surface area (Å²) in [7, 11) is 0. The lowest BCUT2D eigenvalue weighted by Gasteiger charge is -2.17. The smallest absolute Gasteiger partial charge is 0.339 e. The molecule has 0 heterocycles. The van der Waals surface area contributed by atoms with E-state index in [-0.39, 0.29) is 5.56 Å². The summed E-state index contributed by atoms with van der Waals surface area (Å²) in [4.78, 5) is 25.2. The highest BCUT2D eigenvalue weighted by Crippen LogP contribution is 2.26. The van der Waals surface area contributed by atoms with E-state index in [4.69, 9.17) is 4.74 Å². The molecule has 0 radical (unpaired) electrons. The number of esters is 1. The van der Waals surface area contributed by atoms with E-state index in [1.54, 1.807) is 6.07 Å². The molecule has 0 saturated carbocycles. The van der Waals surface area contributed by atoms with Crippen LogP contribution >= 0.6 is 0 Å². The fraction of sp³-hybridized carbons (Fsp3) is 0.742. The molecular weight excluding hydrogens is 436 g/mol. The number of carboxylic acid groups (broad SMARTS) is 1. The lowest BCUT2D eigenvalue weighted by Crippen LogP contribution is -2.17. The summed E-state index contributed by atoms with van der Waals surface area (Å²) >= 11 is 0. The van der Waals surface area contributed by atoms with Crippen LogP contribution in [0.15, 0.2) is 12.1 Å². The molecule has 0 aliphatic rings. The molecule has 1 aromatic rings. The fourth-order valence-corrected chi connectivity index (χ4v) is 4.74. The summed E-state index contributed by atoms with van der Waals surface area (Å²) in [5.74, 6) is -1.50. The van der Waals surface area contributed by atoms with Gasteiger partial charge < -0.3 is 9.84 Å². The Kier molecular flexibility index (Phi) is 18.1. The van der Waals surface area contributed by atoms with Crippen LogP contribution in [0, 0.1) is 0 Å². The maximum absolute atomic E-state index is 13.2. The van der Waals surface area contributed by atoms with Crippen LogP contribution in [0.25, 0.3) is 0 Å². The second-order valence-electron chi connectivity index (χ2n) is 10.0. The third-order valence-corrected chi connectivity index (χ3v) is 6.91. The van der Waals surface area contributed by atoms with Crippen LogP contribution in [-0.2, 0) is 17.6 Å². The van der Waals surface area contributed by atoms with Gasteiger partial charge in [-0.2, -0.15) is 0 Å². The second kappa shape index (κ2) is 20.4. The van der Waals surface area contributed by atoms with Crippen molar-refractivity contribution in [2.24, 2.45) is 0 Å². The van der Waals surface area contributed by atoms with Crippen molar-refractivity contribution in [3.8, 4) is 0 Å². The predicted octanol–water partition coefficient (Wildman–Crippen LogP) is 9.32. The maximum atomic E-state index is 13.2. The summed E-state index contributed by atoms with van der Waals surface area (Å²) < 4.78 is 5.62. The summed E-state index contributed by atoms with van der Waals surface area (Å²) in [6.07, 6.45) is 21.3. The largest absolute Gasteiger partial charge is 0.478 e. The average molecular weight is 489 g/mol. The molecule has 0 saturated heterocycles. The predicted molar refractivity (Wildman–Crippen MR) is 147 cm³/mol. The molecule has 0 bridgehead atoms. The minimum atomic E-state index is -1.05. The summed E-state index contributed by atoms with van der Waals surface area (Å²) in [6, 6.07) is 3.57. The van der Waals surface area contributed by atoms with Crippen LogP contribution in [-0.4, -0.2) is 23.7 Å². The minimum absolute atomic E-state index is 0.0914. The van der Waals surface area contributed by atoms with E-state index < -0.39 is 11.9 Å². The van der Waals surface area contributed by atoms with E-state index in [9.17, 15) is 14.7 Å². The van der Waals surface area contributed by atoms with E-state index in [0.29, 0.717) is 12.2 Å². The van der Waals surface area contributed by atoms with Gasteiger partial charge in [0.2, 0.25) is 0 Å². The minimum Gasteiger partial charge on any atom is -0.478 e. The SMILES string of the molecule is CCCCCCCCc1ccc(C(=O)O)c(C(=O)OCCCCCCC)c1CCCCCCCC. The molecule has 0 aromatic heterocycles. The molecule has 0 aliphatic carbocycles. The summed E-state index contributed by atoms with van der Waals surface area (Å²) in [5.41, 5.74) is 2.45. The van der Waals surface area contributed by atoms with Gasteiger partial charge in [0.15, 0.2) is 0 Å². The highest BCUT2D eigenvalue weighted by Gasteiger charge is 2.24. The quantitative estimate of drug-likeness (QED) is 0.130. The van der Waals surface area contributed by atoms with Crippen molar-refractivity contribution < 1.29 is 19.4 Å². The molecule has 0 aliphatic heterocycles. The summed E-state index contributed by atoms with van der Waals surface area (Å²) in [5, 5.41) is 9.86. The highest BCUT2D eigenvalue weighted by atomic mass is 16.5. The van der Waals surface area contributed by atoms with E-state index in [1.807, 2.05) is 6.07 Å². The topological polar surface area (TPSA) is 63.6 Å². The number of ether oxygens (including phenoxy) is 1. The first-order valence-corrected chi connectivity index (χ1v) is 14.6. The number of hydrogen-bond acceptors (Lipinski definition) is 3. The Hall–Kier alpha value is -1.84. The fourth-order valence-electron chi connectivity index (χ4n) is 4.74. The van der Waals surface area contributed by atoms with Crippen molar-refractivity contribution in [3.05, 3.63) is 34.4 Å². The van der Waals surface area contributed by atoms with Crippen LogP contribution in [0.1, 0.15) is 162 Å². The van der Waals surface area contributed by atoms with Crippen LogP contribution in [0.5, 0.6) is 0 Å². The molecule has 0 fully saturated rings. The zero-order valence-corrected chi connectivity index (χ0v) is 23.0. The number of aromatic carboxylic acids is 1. The van der Waals surface area contributed by atoms with Crippen molar-refractivity contribution >= 4 is 11.9 Å². The maximum Gasteiger partial charge on any atom is 0.339 e. The number of benzene rings is 1. The van der Waals surface area contributed by atoms with Crippen molar-refractivity contribution in [1.82, 2.24) is 0 Å². The molecule has 4 nitrogen and oxygen atoms in total. The third kappa shape index (κ3) is 13.2. The third-order valence-electron chi connectivity index (χ3n) is 6.91. The molecule has 0 amide bonds. The molecular formula is C31H52O4. The molecule has 0 atom stereocenters. The second-order valence-corrected chi connectivity index (χ2v) is 10.0. The van der Waals surface area contributed by atoms with Gasteiger partial charge in [-0.3, -0.25) is 0 Å². The Morgan fingerprint density at radius 2 is 1.14 bits per heavy atom. The van der Waals surface area contributed by atoms with Crippen molar-refractivity contribution in [2.45, 2.75) is 143 Å². The van der Waals surface area contributed by atoms with E-state index in [0.717, 1.165) is 62.5 Å². The molecule has 35 heavy (non-hydrogen) atoms. The highest BCUT2D eigenvalue weighted by molar-refractivity contribution is 6.03. The Morgan fingerprint density at radius 1 is 0.657 bits per heavy atom. The zero-order chi connectivity index (χ0) is 25.7. The van der Waals surface area contributed by atoms with E-state index in [2.05, 4.69) is 20.8 Å². The summed E-state index contributed by atoms with van der Waals surface area (Å²) in [6.45, 7) is 6.98. The van der Waals surface area contributed by atoms with Crippen LogP contribution < -0.4 is 0 Å². The van der Waals surface area contributed by atoms with Gasteiger partial charge >= 0.3 is 11.9 Å². The van der Waals surface area contributed by atoms with Gasteiger partial charge in [-0.1, -0.05) is 117 Å². The Morgan fingerprint density at radius 3 is 1.69 bits per heavy atom. The number of hydrogen-bond donors (Lipinski definition) is 1. The molecule has 1 rings (SSSR count). The van der Waals surface area contributed by atoms with Crippen molar-refractivity contribution in [1.29, 1.82) is 0 Å². The Bertz CT molecular complexity index is 710. The van der Waals surface area contributed by atoms with Gasteiger partial charge in [-0.05, 0) is 49.3 Å². The van der Waals surface area contributed by atoms with Crippen molar-refractivity contribution in [2.75, 3.05) is 6.61 Å². The first-order chi connectivity index (χ1) is 17.1. The number of unbranched alkanes of at least 4 members (excludes halogenated alkanes) is 14. The lowest BCUT2D eigenvalue weighted by molar-refractivity contribution is 0.0485. The number of carbonyl (C=O) groups is 2. The average Bonchev–Trinajstić information content (AvgIpc) is 2.85. The van der Waals surface area contributed by atoms with E-state index in [1.165, 1.54) is 70.6 Å². The first kappa shape index (κ1) is 31.2. The van der Waals surface area contributed by atoms with Gasteiger partial charge in [0.1, 0.15) is 0 Å². The normalized spacial score (nSPS) is 11.1.